The van der Waals surface area contributed by atoms with Crippen LogP contribution in [-0.2, 0) is 6.42 Å². The first-order chi connectivity index (χ1) is 14.3. The Bertz CT molecular complexity index is 534. The summed E-state index contributed by atoms with van der Waals surface area (Å²) < 4.78 is 0. The summed E-state index contributed by atoms with van der Waals surface area (Å²) in [4.78, 5) is 0. The summed E-state index contributed by atoms with van der Waals surface area (Å²) in [5, 5.41) is 0. The zero-order valence-electron chi connectivity index (χ0n) is 19.6. The van der Waals surface area contributed by atoms with Crippen LogP contribution in [0.25, 0.3) is 0 Å². The molecule has 0 radical (unpaired) electrons. The van der Waals surface area contributed by atoms with E-state index in [1.165, 1.54) is 109 Å². The number of aryl methyl sites for hydroxylation is 1. The molecule has 2 saturated carbocycles. The third kappa shape index (κ3) is 7.76. The second-order valence-electron chi connectivity index (χ2n) is 10.5. The summed E-state index contributed by atoms with van der Waals surface area (Å²) in [6.45, 7) is 4.65. The Labute approximate surface area is 182 Å². The van der Waals surface area contributed by atoms with E-state index in [9.17, 15) is 0 Å². The average Bonchev–Trinajstić information content (AvgIpc) is 2.78. The number of unbranched alkanes of at least 4 members (excludes halogenated alkanes) is 3. The lowest BCUT2D eigenvalue weighted by atomic mass is 9.76. The molecule has 0 aromatic heterocycles. The van der Waals surface area contributed by atoms with Gasteiger partial charge in [-0.25, -0.2) is 0 Å². The summed E-state index contributed by atoms with van der Waals surface area (Å²) >= 11 is 0. The molecule has 0 spiro atoms. The molecule has 3 rings (SSSR count). The molecule has 0 aliphatic heterocycles. The van der Waals surface area contributed by atoms with Crippen LogP contribution in [0.3, 0.4) is 0 Å². The third-order valence-corrected chi connectivity index (χ3v) is 8.22. The molecule has 1 aromatic rings. The Kier molecular flexibility index (Phi) is 10.1. The van der Waals surface area contributed by atoms with Gasteiger partial charge in [0.1, 0.15) is 0 Å². The van der Waals surface area contributed by atoms with Gasteiger partial charge in [-0.05, 0) is 60.5 Å². The predicted octanol–water partition coefficient (Wildman–Crippen LogP) is 9.47. The topological polar surface area (TPSA) is 0 Å². The van der Waals surface area contributed by atoms with E-state index in [-0.39, 0.29) is 0 Å². The molecule has 164 valence electrons. The molecule has 0 amide bonds. The predicted molar refractivity (Wildman–Crippen MR) is 129 cm³/mol. The van der Waals surface area contributed by atoms with Crippen molar-refractivity contribution in [3.8, 4) is 0 Å². The van der Waals surface area contributed by atoms with Gasteiger partial charge in [0.15, 0.2) is 0 Å². The largest absolute Gasteiger partial charge is 0.0654 e. The second-order valence-corrected chi connectivity index (χ2v) is 10.5. The van der Waals surface area contributed by atoms with E-state index in [4.69, 9.17) is 0 Å². The first-order valence-corrected chi connectivity index (χ1v) is 13.4. The van der Waals surface area contributed by atoms with Gasteiger partial charge in [0.2, 0.25) is 0 Å². The fourth-order valence-electron chi connectivity index (χ4n) is 6.17. The first kappa shape index (κ1) is 22.9. The first-order valence-electron chi connectivity index (χ1n) is 13.4. The van der Waals surface area contributed by atoms with Gasteiger partial charge < -0.3 is 0 Å². The van der Waals surface area contributed by atoms with Crippen LogP contribution >= 0.6 is 0 Å². The maximum atomic E-state index is 2.48. The molecule has 0 nitrogen and oxygen atoms in total. The van der Waals surface area contributed by atoms with Gasteiger partial charge in [0.25, 0.3) is 0 Å². The normalized spacial score (nSPS) is 27.8. The van der Waals surface area contributed by atoms with Crippen LogP contribution in [0.1, 0.15) is 134 Å². The third-order valence-electron chi connectivity index (χ3n) is 8.22. The van der Waals surface area contributed by atoms with Crippen LogP contribution < -0.4 is 0 Å². The molecular weight excluding hydrogens is 348 g/mol. The fourth-order valence-corrected chi connectivity index (χ4v) is 6.17. The monoisotopic (exact) mass is 396 g/mol. The van der Waals surface area contributed by atoms with Crippen LogP contribution in [0.2, 0.25) is 0 Å². The van der Waals surface area contributed by atoms with Crippen LogP contribution in [0.4, 0.5) is 0 Å². The quantitative estimate of drug-likeness (QED) is 0.327. The summed E-state index contributed by atoms with van der Waals surface area (Å²) in [6.07, 6.45) is 24.5. The number of hydrogen-bond acceptors (Lipinski definition) is 0. The Morgan fingerprint density at radius 3 is 2.00 bits per heavy atom. The minimum Gasteiger partial charge on any atom is -0.0654 e. The molecule has 0 bridgehead atoms. The molecular formula is C29H48. The maximum absolute atomic E-state index is 2.48. The molecule has 2 fully saturated rings. The van der Waals surface area contributed by atoms with Crippen molar-refractivity contribution in [3.63, 3.8) is 0 Å². The highest BCUT2D eigenvalue weighted by Crippen LogP contribution is 2.39. The van der Waals surface area contributed by atoms with Crippen molar-refractivity contribution in [3.05, 3.63) is 35.4 Å². The Morgan fingerprint density at radius 1 is 0.655 bits per heavy atom. The molecule has 2 aliphatic carbocycles. The molecule has 2 aliphatic rings. The van der Waals surface area contributed by atoms with Crippen molar-refractivity contribution in [1.82, 2.24) is 0 Å². The molecule has 1 aromatic carbocycles. The van der Waals surface area contributed by atoms with E-state index in [0.717, 1.165) is 23.7 Å². The highest BCUT2D eigenvalue weighted by Gasteiger charge is 2.23. The number of hydrogen-bond donors (Lipinski definition) is 0. The number of benzene rings is 1. The van der Waals surface area contributed by atoms with Gasteiger partial charge in [-0.15, -0.1) is 0 Å². The standard InChI is InChI=1S/C29H48/c1-3-5-7-10-27-11-8-12-29(23-27)28-21-19-26(20-22-28)18-17-25-15-13-24(14-16-25)9-6-4-2/h19-22,24-25,27,29H,3-18,23H2,1-2H3/t24?,25?,27-,29-/m0/s1. The van der Waals surface area contributed by atoms with Crippen molar-refractivity contribution >= 4 is 0 Å². The van der Waals surface area contributed by atoms with E-state index < -0.39 is 0 Å². The summed E-state index contributed by atoms with van der Waals surface area (Å²) in [7, 11) is 0. The zero-order chi connectivity index (χ0) is 20.3. The lowest BCUT2D eigenvalue weighted by Crippen LogP contribution is -2.15. The van der Waals surface area contributed by atoms with Gasteiger partial charge in [-0.2, -0.15) is 0 Å². The molecule has 29 heavy (non-hydrogen) atoms. The SMILES string of the molecule is CCCCC[C@H]1CCC[C@H](c2ccc(CCC3CCC(CCCC)CC3)cc2)C1. The molecule has 2 atom stereocenters. The van der Waals surface area contributed by atoms with Gasteiger partial charge in [0, 0.05) is 0 Å². The molecule has 0 unspecified atom stereocenters. The van der Waals surface area contributed by atoms with E-state index in [2.05, 4.69) is 38.1 Å². The van der Waals surface area contributed by atoms with Crippen LogP contribution in [-0.4, -0.2) is 0 Å². The molecule has 0 heteroatoms. The van der Waals surface area contributed by atoms with E-state index in [0.29, 0.717) is 0 Å². The summed E-state index contributed by atoms with van der Waals surface area (Å²) in [6, 6.07) is 9.89. The summed E-state index contributed by atoms with van der Waals surface area (Å²) in [5.41, 5.74) is 3.21. The molecule has 0 heterocycles. The smallest absolute Gasteiger partial charge is 0.0159 e. The van der Waals surface area contributed by atoms with E-state index in [1.54, 1.807) is 11.1 Å². The van der Waals surface area contributed by atoms with Crippen molar-refractivity contribution in [1.29, 1.82) is 0 Å². The minimum atomic E-state index is 0.836. The average molecular weight is 397 g/mol. The van der Waals surface area contributed by atoms with Gasteiger partial charge in [0.05, 0.1) is 0 Å². The van der Waals surface area contributed by atoms with E-state index >= 15 is 0 Å². The van der Waals surface area contributed by atoms with Crippen molar-refractivity contribution < 1.29 is 0 Å². The van der Waals surface area contributed by atoms with Crippen LogP contribution in [0.5, 0.6) is 0 Å². The Balaban J connectivity index is 1.39. The van der Waals surface area contributed by atoms with Crippen molar-refractivity contribution in [2.75, 3.05) is 0 Å². The summed E-state index contributed by atoms with van der Waals surface area (Å²) in [5.74, 6) is 3.87. The number of rotatable bonds is 11. The molecule has 0 saturated heterocycles. The molecule has 0 N–H and O–H groups in total. The van der Waals surface area contributed by atoms with Crippen molar-refractivity contribution in [2.45, 2.75) is 129 Å². The van der Waals surface area contributed by atoms with Gasteiger partial charge in [-0.1, -0.05) is 122 Å². The maximum Gasteiger partial charge on any atom is -0.0159 e. The second kappa shape index (κ2) is 12.8. The van der Waals surface area contributed by atoms with Crippen LogP contribution in [0.15, 0.2) is 24.3 Å². The lowest BCUT2D eigenvalue weighted by molar-refractivity contribution is 0.250. The highest BCUT2D eigenvalue weighted by molar-refractivity contribution is 5.26. The Hall–Kier alpha value is -0.780. The van der Waals surface area contributed by atoms with Crippen molar-refractivity contribution in [2.24, 2.45) is 17.8 Å². The lowest BCUT2D eigenvalue weighted by Gasteiger charge is -2.30. The Morgan fingerprint density at radius 2 is 1.31 bits per heavy atom. The van der Waals surface area contributed by atoms with Gasteiger partial charge >= 0.3 is 0 Å². The minimum absolute atomic E-state index is 0.836. The highest BCUT2D eigenvalue weighted by atomic mass is 14.3. The van der Waals surface area contributed by atoms with E-state index in [1.807, 2.05) is 0 Å². The fraction of sp³-hybridized carbons (Fsp3) is 0.793. The zero-order valence-corrected chi connectivity index (χ0v) is 19.6. The van der Waals surface area contributed by atoms with Gasteiger partial charge in [-0.3, -0.25) is 0 Å². The van der Waals surface area contributed by atoms with Crippen LogP contribution in [0, 0.1) is 17.8 Å².